The number of nitrogens with one attached hydrogen (secondary N) is 2. The van der Waals surface area contributed by atoms with Gasteiger partial charge in [-0.25, -0.2) is 0 Å². The first-order valence-electron chi connectivity index (χ1n) is 12.9. The molecule has 178 valence electrons. The van der Waals surface area contributed by atoms with E-state index in [0.717, 1.165) is 44.2 Å². The van der Waals surface area contributed by atoms with E-state index < -0.39 is 6.04 Å². The summed E-state index contributed by atoms with van der Waals surface area (Å²) in [5.41, 5.74) is 1.07. The van der Waals surface area contributed by atoms with E-state index >= 15 is 0 Å². The zero-order valence-electron chi connectivity index (χ0n) is 20.2. The van der Waals surface area contributed by atoms with Crippen molar-refractivity contribution in [3.63, 3.8) is 0 Å². The molecule has 0 unspecified atom stereocenters. The van der Waals surface area contributed by atoms with Gasteiger partial charge in [-0.3, -0.25) is 9.59 Å². The van der Waals surface area contributed by atoms with Crippen LogP contribution in [0.2, 0.25) is 0 Å². The largest absolute Gasteiger partial charge is 0.354 e. The van der Waals surface area contributed by atoms with Gasteiger partial charge in [-0.05, 0) is 69.4 Å². The van der Waals surface area contributed by atoms with Crippen LogP contribution in [0.25, 0.3) is 0 Å². The Kier molecular flexibility index (Phi) is 10.0. The van der Waals surface area contributed by atoms with Crippen molar-refractivity contribution in [2.24, 2.45) is 11.8 Å². The molecule has 1 saturated carbocycles. The molecule has 2 fully saturated rings. The molecule has 2 aliphatic rings. The Morgan fingerprint density at radius 1 is 1.06 bits per heavy atom. The second-order valence-electron chi connectivity index (χ2n) is 9.95. The summed E-state index contributed by atoms with van der Waals surface area (Å²) in [5.74, 6) is 0.737. The van der Waals surface area contributed by atoms with E-state index in [1.807, 2.05) is 30.3 Å². The molecule has 0 spiro atoms. The minimum absolute atomic E-state index is 0.0438. The molecule has 2 amide bonds. The Morgan fingerprint density at radius 2 is 1.81 bits per heavy atom. The van der Waals surface area contributed by atoms with Crippen LogP contribution in [0.3, 0.4) is 0 Å². The van der Waals surface area contributed by atoms with Gasteiger partial charge in [0.25, 0.3) is 0 Å². The summed E-state index contributed by atoms with van der Waals surface area (Å²) >= 11 is 0. The van der Waals surface area contributed by atoms with E-state index in [1.54, 1.807) is 0 Å². The standard InChI is InChI=1S/C27H43N3O2/c1-3-24-12-7-8-18-30(24)19-9-17-28-27(32)25(20-22-10-5-4-6-11-22)29-26(31)23-15-13-21(2)14-16-23/h4-6,10-11,21,23-25H,3,7-9,12-20H2,1-2H3,(H,28,32)(H,29,31)/t21?,23?,24-,25-/m0/s1. The quantitative estimate of drug-likeness (QED) is 0.532. The van der Waals surface area contributed by atoms with Crippen LogP contribution in [0.15, 0.2) is 30.3 Å². The lowest BCUT2D eigenvalue weighted by Gasteiger charge is -2.35. The fourth-order valence-corrected chi connectivity index (χ4v) is 5.30. The molecule has 3 rings (SSSR count). The predicted molar refractivity (Wildman–Crippen MR) is 130 cm³/mol. The minimum atomic E-state index is -0.511. The third-order valence-corrected chi connectivity index (χ3v) is 7.44. The van der Waals surface area contributed by atoms with Crippen molar-refractivity contribution in [1.82, 2.24) is 15.5 Å². The number of piperidine rings is 1. The highest BCUT2D eigenvalue weighted by Crippen LogP contribution is 2.28. The summed E-state index contributed by atoms with van der Waals surface area (Å²) in [6, 6.07) is 10.2. The summed E-state index contributed by atoms with van der Waals surface area (Å²) in [6.07, 6.45) is 10.7. The molecule has 2 atom stereocenters. The summed E-state index contributed by atoms with van der Waals surface area (Å²) < 4.78 is 0. The van der Waals surface area contributed by atoms with E-state index in [-0.39, 0.29) is 17.7 Å². The lowest BCUT2D eigenvalue weighted by Crippen LogP contribution is -2.50. The number of hydrogen-bond donors (Lipinski definition) is 2. The van der Waals surface area contributed by atoms with Crippen LogP contribution in [-0.4, -0.2) is 48.4 Å². The van der Waals surface area contributed by atoms with E-state index in [1.165, 1.54) is 32.2 Å². The molecule has 32 heavy (non-hydrogen) atoms. The second-order valence-corrected chi connectivity index (χ2v) is 9.95. The molecule has 5 heteroatoms. The fourth-order valence-electron chi connectivity index (χ4n) is 5.30. The number of carbonyl (C=O) groups excluding carboxylic acids is 2. The molecule has 0 bridgehead atoms. The first kappa shape index (κ1) is 24.8. The summed E-state index contributed by atoms with van der Waals surface area (Å²) in [5, 5.41) is 6.21. The molecule has 1 aliphatic carbocycles. The molecule has 0 aromatic heterocycles. The number of benzene rings is 1. The van der Waals surface area contributed by atoms with E-state index in [9.17, 15) is 9.59 Å². The van der Waals surface area contributed by atoms with Crippen molar-refractivity contribution in [1.29, 1.82) is 0 Å². The van der Waals surface area contributed by atoms with Gasteiger partial charge in [-0.15, -0.1) is 0 Å². The van der Waals surface area contributed by atoms with Gasteiger partial charge in [0, 0.05) is 31.5 Å². The van der Waals surface area contributed by atoms with Crippen molar-refractivity contribution in [3.05, 3.63) is 35.9 Å². The van der Waals surface area contributed by atoms with E-state index in [4.69, 9.17) is 0 Å². The van der Waals surface area contributed by atoms with Gasteiger partial charge in [0.1, 0.15) is 6.04 Å². The first-order chi connectivity index (χ1) is 15.6. The third-order valence-electron chi connectivity index (χ3n) is 7.44. The van der Waals surface area contributed by atoms with Crippen LogP contribution in [0.1, 0.15) is 77.2 Å². The normalized spacial score (nSPS) is 25.1. The molecule has 1 saturated heterocycles. The third kappa shape index (κ3) is 7.61. The Morgan fingerprint density at radius 3 is 2.53 bits per heavy atom. The average Bonchev–Trinajstić information content (AvgIpc) is 2.82. The number of nitrogens with zero attached hydrogens (tertiary/aromatic N) is 1. The number of carbonyl (C=O) groups is 2. The number of amides is 2. The topological polar surface area (TPSA) is 61.4 Å². The zero-order valence-corrected chi connectivity index (χ0v) is 20.2. The van der Waals surface area contributed by atoms with Gasteiger partial charge in [0.2, 0.25) is 11.8 Å². The smallest absolute Gasteiger partial charge is 0.242 e. The number of hydrogen-bond acceptors (Lipinski definition) is 3. The molecular weight excluding hydrogens is 398 g/mol. The molecule has 2 N–H and O–H groups in total. The van der Waals surface area contributed by atoms with E-state index in [2.05, 4.69) is 29.4 Å². The molecule has 1 aliphatic heterocycles. The number of likely N-dealkylation sites (tertiary alicyclic amines) is 1. The average molecular weight is 442 g/mol. The van der Waals surface area contributed by atoms with Gasteiger partial charge in [0.15, 0.2) is 0 Å². The highest BCUT2D eigenvalue weighted by atomic mass is 16.2. The lowest BCUT2D eigenvalue weighted by atomic mass is 9.82. The van der Waals surface area contributed by atoms with Crippen LogP contribution in [0.4, 0.5) is 0 Å². The molecule has 1 aromatic rings. The van der Waals surface area contributed by atoms with Crippen LogP contribution in [-0.2, 0) is 16.0 Å². The highest BCUT2D eigenvalue weighted by Gasteiger charge is 2.28. The SMILES string of the molecule is CC[C@H]1CCCCN1CCCNC(=O)[C@H](Cc1ccccc1)NC(=O)C1CCC(C)CC1. The second kappa shape index (κ2) is 13.0. The van der Waals surface area contributed by atoms with Crippen molar-refractivity contribution in [3.8, 4) is 0 Å². The molecule has 1 heterocycles. The molecule has 5 nitrogen and oxygen atoms in total. The van der Waals surface area contributed by atoms with Crippen molar-refractivity contribution < 1.29 is 9.59 Å². The minimum Gasteiger partial charge on any atom is -0.354 e. The molecular formula is C27H43N3O2. The maximum absolute atomic E-state index is 13.1. The fraction of sp³-hybridized carbons (Fsp3) is 0.704. The Hall–Kier alpha value is -1.88. The van der Waals surface area contributed by atoms with Gasteiger partial charge >= 0.3 is 0 Å². The highest BCUT2D eigenvalue weighted by molar-refractivity contribution is 5.88. The summed E-state index contributed by atoms with van der Waals surface area (Å²) in [7, 11) is 0. The van der Waals surface area contributed by atoms with Crippen molar-refractivity contribution in [2.45, 2.75) is 90.1 Å². The maximum atomic E-state index is 13.1. The monoisotopic (exact) mass is 441 g/mol. The van der Waals surface area contributed by atoms with E-state index in [0.29, 0.717) is 24.9 Å². The molecule has 0 radical (unpaired) electrons. The Balaban J connectivity index is 1.51. The van der Waals surface area contributed by atoms with Crippen molar-refractivity contribution in [2.75, 3.05) is 19.6 Å². The Labute approximate surface area is 194 Å². The van der Waals surface area contributed by atoms with Crippen LogP contribution in [0, 0.1) is 11.8 Å². The number of rotatable bonds is 10. The maximum Gasteiger partial charge on any atom is 0.242 e. The van der Waals surface area contributed by atoms with Crippen LogP contribution < -0.4 is 10.6 Å². The van der Waals surface area contributed by atoms with Crippen LogP contribution in [0.5, 0.6) is 0 Å². The molecule has 1 aromatic carbocycles. The van der Waals surface area contributed by atoms with Gasteiger partial charge in [-0.2, -0.15) is 0 Å². The van der Waals surface area contributed by atoms with Gasteiger partial charge in [-0.1, -0.05) is 50.6 Å². The first-order valence-corrected chi connectivity index (χ1v) is 12.9. The van der Waals surface area contributed by atoms with Gasteiger partial charge < -0.3 is 15.5 Å². The zero-order chi connectivity index (χ0) is 22.8. The Bertz CT molecular complexity index is 700. The van der Waals surface area contributed by atoms with Crippen LogP contribution >= 0.6 is 0 Å². The van der Waals surface area contributed by atoms with Gasteiger partial charge in [0.05, 0.1) is 0 Å². The van der Waals surface area contributed by atoms with Crippen molar-refractivity contribution >= 4 is 11.8 Å². The summed E-state index contributed by atoms with van der Waals surface area (Å²) in [6.45, 7) is 7.41. The predicted octanol–water partition coefficient (Wildman–Crippen LogP) is 4.31. The summed E-state index contributed by atoms with van der Waals surface area (Å²) in [4.78, 5) is 28.6. The lowest BCUT2D eigenvalue weighted by molar-refractivity contribution is -0.131.